The number of aromatic hydroxyl groups is 1. The number of esters is 2. The van der Waals surface area contributed by atoms with Crippen LogP contribution >= 0.6 is 69.8 Å². The molecule has 0 aliphatic rings. The number of benzene rings is 2. The largest absolute Gasteiger partial charge is 0.508 e. The average Bonchev–Trinajstić information content (AvgIpc) is 3.03. The van der Waals surface area contributed by atoms with E-state index in [-0.39, 0.29) is 19.0 Å². The van der Waals surface area contributed by atoms with E-state index in [9.17, 15) is 18.7 Å². The van der Waals surface area contributed by atoms with Crippen LogP contribution in [0.15, 0.2) is 73.8 Å². The van der Waals surface area contributed by atoms with Crippen LogP contribution in [0.5, 0.6) is 11.5 Å². The van der Waals surface area contributed by atoms with E-state index in [0.717, 1.165) is 12.8 Å². The van der Waals surface area contributed by atoms with Crippen molar-refractivity contribution >= 4 is 81.7 Å². The standard InChI is InChI=1S/C15H20Cl2NO4P.C10H10O3.C5H11Cl3NOP/c1-3-10-18(11-9-16)23(17,20)22-14-7-5-13(6-8-14)15(19)21-12-4-2;1-2-7-13-10(12)8-3-5-9(11)6-4-8;1-2-4-9(5-3-6)11(7,8)10/h4-8H,2-3,9-12H2,1H3;2-6,11H,1,7H2;2-5H2,1H3. The van der Waals surface area contributed by atoms with Crippen LogP contribution < -0.4 is 4.52 Å². The fourth-order valence-electron chi connectivity index (χ4n) is 3.28. The Labute approximate surface area is 301 Å². The first-order valence-electron chi connectivity index (χ1n) is 14.3. The van der Waals surface area contributed by atoms with E-state index in [2.05, 4.69) is 13.2 Å². The van der Waals surface area contributed by atoms with Gasteiger partial charge in [0.15, 0.2) is 0 Å². The molecule has 0 spiro atoms. The molecule has 0 aliphatic carbocycles. The van der Waals surface area contributed by atoms with E-state index in [4.69, 9.17) is 76.0 Å². The molecule has 0 fully saturated rings. The summed E-state index contributed by atoms with van der Waals surface area (Å²) in [6, 6.07) is 11.9. The predicted molar refractivity (Wildman–Crippen MR) is 194 cm³/mol. The number of halogens is 5. The fraction of sp³-hybridized carbons (Fsp3) is 0.400. The van der Waals surface area contributed by atoms with Crippen LogP contribution in [0.25, 0.3) is 0 Å². The SMILES string of the molecule is C=CCOC(=O)c1ccc(O)cc1.C=CCOC(=O)c1ccc(OP(=O)(Cl)N(CCC)CCCl)cc1.CCCN(CCCl)P(=O)(Cl)Cl. The summed E-state index contributed by atoms with van der Waals surface area (Å²) in [6.45, 7) is 9.58. The highest BCUT2D eigenvalue weighted by atomic mass is 35.9. The average molecular weight is 797 g/mol. The van der Waals surface area contributed by atoms with Gasteiger partial charge in [-0.05, 0) is 83.9 Å². The van der Waals surface area contributed by atoms with Gasteiger partial charge in [0.05, 0.1) is 11.1 Å². The van der Waals surface area contributed by atoms with Crippen LogP contribution in [0.4, 0.5) is 0 Å². The van der Waals surface area contributed by atoms with Crippen molar-refractivity contribution in [1.82, 2.24) is 9.34 Å². The molecule has 17 heteroatoms. The van der Waals surface area contributed by atoms with Crippen LogP contribution in [-0.2, 0) is 18.6 Å². The monoisotopic (exact) mass is 794 g/mol. The first kappa shape index (κ1) is 45.3. The highest BCUT2D eigenvalue weighted by Gasteiger charge is 2.30. The summed E-state index contributed by atoms with van der Waals surface area (Å²) in [7, 11) is 0. The number of hydrogen-bond donors (Lipinski definition) is 1. The summed E-state index contributed by atoms with van der Waals surface area (Å²) in [4.78, 5) is 22.8. The van der Waals surface area contributed by atoms with E-state index < -0.39 is 24.8 Å². The Morgan fingerprint density at radius 2 is 1.15 bits per heavy atom. The van der Waals surface area contributed by atoms with Gasteiger partial charge in [-0.1, -0.05) is 39.2 Å². The summed E-state index contributed by atoms with van der Waals surface area (Å²) in [5.41, 5.74) is 0.773. The van der Waals surface area contributed by atoms with Gasteiger partial charge in [-0.15, -0.1) is 23.2 Å². The highest BCUT2D eigenvalue weighted by molar-refractivity contribution is 8.06. The summed E-state index contributed by atoms with van der Waals surface area (Å²) in [6.07, 6.45) is 4.61. The molecule has 0 aromatic heterocycles. The Morgan fingerprint density at radius 1 is 0.745 bits per heavy atom. The summed E-state index contributed by atoms with van der Waals surface area (Å²) in [5.74, 6) is -2.88. The second kappa shape index (κ2) is 25.3. The van der Waals surface area contributed by atoms with Crippen molar-refractivity contribution < 1.29 is 37.8 Å². The maximum atomic E-state index is 12.5. The molecule has 0 radical (unpaired) electrons. The summed E-state index contributed by atoms with van der Waals surface area (Å²) < 4.78 is 41.8. The van der Waals surface area contributed by atoms with Gasteiger partial charge in [0.2, 0.25) is 0 Å². The first-order valence-corrected chi connectivity index (χ1v) is 21.3. The van der Waals surface area contributed by atoms with Crippen molar-refractivity contribution in [3.63, 3.8) is 0 Å². The Morgan fingerprint density at radius 3 is 1.53 bits per heavy atom. The first-order chi connectivity index (χ1) is 22.2. The number of alkyl halides is 2. The Balaban J connectivity index is 0.000000744. The third-order valence-electron chi connectivity index (χ3n) is 5.39. The summed E-state index contributed by atoms with van der Waals surface area (Å²) >= 11 is 28.1. The zero-order chi connectivity index (χ0) is 35.9. The Bertz CT molecular complexity index is 1300. The second-order valence-corrected chi connectivity index (χ2v) is 17.5. The van der Waals surface area contributed by atoms with Gasteiger partial charge in [-0.3, -0.25) is 4.57 Å². The lowest BCUT2D eigenvalue weighted by Crippen LogP contribution is -2.23. The maximum Gasteiger partial charge on any atom is 0.411 e. The molecular formula is C30H41Cl5N2O8P2. The lowest BCUT2D eigenvalue weighted by atomic mass is 10.2. The number of ether oxygens (including phenoxy) is 2. The molecule has 2 rings (SSSR count). The van der Waals surface area contributed by atoms with E-state index in [0.29, 0.717) is 54.8 Å². The molecule has 10 nitrogen and oxygen atoms in total. The number of phenolic OH excluding ortho intramolecular Hbond substituents is 1. The van der Waals surface area contributed by atoms with Gasteiger partial charge in [-0.25, -0.2) is 23.5 Å². The number of carbonyl (C=O) groups excluding carboxylic acids is 2. The predicted octanol–water partition coefficient (Wildman–Crippen LogP) is 9.96. The van der Waals surface area contributed by atoms with Crippen LogP contribution in [0.3, 0.4) is 0 Å². The van der Waals surface area contributed by atoms with Crippen molar-refractivity contribution in [3.05, 3.63) is 85.0 Å². The highest BCUT2D eigenvalue weighted by Crippen LogP contribution is 2.59. The number of rotatable bonds is 18. The number of carbonyl (C=O) groups is 2. The smallest absolute Gasteiger partial charge is 0.411 e. The van der Waals surface area contributed by atoms with Crippen LogP contribution in [-0.4, -0.2) is 77.5 Å². The Kier molecular flexibility index (Phi) is 24.4. The van der Waals surface area contributed by atoms with Gasteiger partial charge >= 0.3 is 24.8 Å². The number of nitrogens with zero attached hydrogens (tertiary/aromatic N) is 2. The summed E-state index contributed by atoms with van der Waals surface area (Å²) in [5, 5.41) is 8.95. The number of hydrogen-bond acceptors (Lipinski definition) is 8. The minimum absolute atomic E-state index is 0.125. The van der Waals surface area contributed by atoms with E-state index in [1.54, 1.807) is 0 Å². The third kappa shape index (κ3) is 19.8. The van der Waals surface area contributed by atoms with Gasteiger partial charge < -0.3 is 19.1 Å². The van der Waals surface area contributed by atoms with Crippen LogP contribution in [0.1, 0.15) is 47.4 Å². The van der Waals surface area contributed by atoms with E-state index >= 15 is 0 Å². The maximum absolute atomic E-state index is 12.5. The van der Waals surface area contributed by atoms with Gasteiger partial charge in [0.25, 0.3) is 0 Å². The molecule has 0 aliphatic heterocycles. The van der Waals surface area contributed by atoms with Gasteiger partial charge in [0.1, 0.15) is 24.7 Å². The van der Waals surface area contributed by atoms with Gasteiger partial charge in [-0.2, -0.15) is 0 Å². The normalized spacial score (nSPS) is 12.0. The molecule has 0 saturated carbocycles. The molecule has 0 amide bonds. The minimum atomic E-state index is -3.52. The molecule has 0 bridgehead atoms. The fourth-order valence-corrected chi connectivity index (χ4v) is 7.56. The molecule has 264 valence electrons. The van der Waals surface area contributed by atoms with E-state index in [1.807, 2.05) is 13.8 Å². The van der Waals surface area contributed by atoms with Crippen molar-refractivity contribution in [3.8, 4) is 11.5 Å². The molecular weight excluding hydrogens is 756 g/mol. The van der Waals surface area contributed by atoms with Gasteiger partial charge in [0, 0.05) is 49.2 Å². The van der Waals surface area contributed by atoms with Crippen LogP contribution in [0, 0.1) is 0 Å². The van der Waals surface area contributed by atoms with Crippen molar-refractivity contribution in [1.29, 1.82) is 0 Å². The van der Waals surface area contributed by atoms with Crippen LogP contribution in [0.2, 0.25) is 0 Å². The van der Waals surface area contributed by atoms with Crippen molar-refractivity contribution in [2.45, 2.75) is 26.7 Å². The quantitative estimate of drug-likeness (QED) is 0.0675. The number of phenols is 1. The zero-order valence-electron chi connectivity index (χ0n) is 26.2. The Hall–Kier alpha value is -1.71. The lowest BCUT2D eigenvalue weighted by molar-refractivity contribution is 0.0540. The zero-order valence-corrected chi connectivity index (χ0v) is 31.8. The second-order valence-electron chi connectivity index (χ2n) is 9.11. The van der Waals surface area contributed by atoms with E-state index in [1.165, 1.54) is 70.0 Å². The molecule has 47 heavy (non-hydrogen) atoms. The van der Waals surface area contributed by atoms with Crippen molar-refractivity contribution in [2.24, 2.45) is 0 Å². The topological polar surface area (TPSA) is 123 Å². The molecule has 0 heterocycles. The molecule has 1 atom stereocenters. The third-order valence-corrected chi connectivity index (χ3v) is 10.4. The molecule has 1 N–H and O–H groups in total. The minimum Gasteiger partial charge on any atom is -0.508 e. The molecule has 2 aromatic rings. The lowest BCUT2D eigenvalue weighted by Gasteiger charge is -2.25. The van der Waals surface area contributed by atoms with Crippen molar-refractivity contribution in [2.75, 3.05) is 51.2 Å². The molecule has 1 unspecified atom stereocenters. The molecule has 2 aromatic carbocycles. The molecule has 0 saturated heterocycles.